The highest BCUT2D eigenvalue weighted by Gasteiger charge is 2.61. The molecule has 8 heteroatoms. The minimum atomic E-state index is -0.704. The van der Waals surface area contributed by atoms with Crippen LogP contribution in [-0.2, 0) is 38.1 Å². The maximum absolute atomic E-state index is 12.9. The molecule has 7 atom stereocenters. The molecule has 2 saturated carbocycles. The van der Waals surface area contributed by atoms with Gasteiger partial charge in [0.15, 0.2) is 0 Å². The van der Waals surface area contributed by atoms with Crippen molar-refractivity contribution in [2.24, 2.45) is 28.6 Å². The van der Waals surface area contributed by atoms with E-state index in [2.05, 4.69) is 13.5 Å². The van der Waals surface area contributed by atoms with E-state index in [9.17, 15) is 19.2 Å². The number of hydrogen-bond acceptors (Lipinski definition) is 8. The summed E-state index contributed by atoms with van der Waals surface area (Å²) < 4.78 is 23.9. The van der Waals surface area contributed by atoms with Crippen molar-refractivity contribution in [2.75, 3.05) is 0 Å². The van der Waals surface area contributed by atoms with E-state index in [-0.39, 0.29) is 17.9 Å². The van der Waals surface area contributed by atoms with Crippen LogP contribution in [0.4, 0.5) is 0 Å². The number of carbonyl (C=O) groups excluding carboxylic acids is 4. The lowest BCUT2D eigenvalue weighted by molar-refractivity contribution is -0.187. The molecule has 2 fully saturated rings. The Morgan fingerprint density at radius 3 is 1.97 bits per heavy atom. The van der Waals surface area contributed by atoms with Crippen LogP contribution in [0.3, 0.4) is 0 Å². The van der Waals surface area contributed by atoms with Crippen LogP contribution in [0.15, 0.2) is 23.3 Å². The molecule has 7 unspecified atom stereocenters. The first kappa shape index (κ1) is 29.9. The van der Waals surface area contributed by atoms with E-state index in [0.717, 1.165) is 11.1 Å². The third-order valence-corrected chi connectivity index (χ3v) is 8.75. The van der Waals surface area contributed by atoms with Crippen LogP contribution in [0.25, 0.3) is 0 Å². The third-order valence-electron chi connectivity index (χ3n) is 8.75. The summed E-state index contributed by atoms with van der Waals surface area (Å²) >= 11 is 0. The Labute approximate surface area is 226 Å². The lowest BCUT2D eigenvalue weighted by Gasteiger charge is -2.58. The van der Waals surface area contributed by atoms with Crippen molar-refractivity contribution in [1.29, 1.82) is 0 Å². The van der Waals surface area contributed by atoms with Crippen LogP contribution >= 0.6 is 0 Å². The van der Waals surface area contributed by atoms with Gasteiger partial charge in [0.05, 0.1) is 5.92 Å². The highest BCUT2D eigenvalue weighted by molar-refractivity contribution is 5.72. The average Bonchev–Trinajstić information content (AvgIpc) is 2.73. The van der Waals surface area contributed by atoms with Crippen molar-refractivity contribution >= 4 is 23.9 Å². The number of ether oxygens (including phenoxy) is 4. The molecule has 2 bridgehead atoms. The molecule has 3 rings (SSSR count). The normalized spacial score (nSPS) is 34.4. The fourth-order valence-corrected chi connectivity index (χ4v) is 7.43. The molecule has 3 aliphatic rings. The van der Waals surface area contributed by atoms with Crippen molar-refractivity contribution in [1.82, 2.24) is 0 Å². The summed E-state index contributed by atoms with van der Waals surface area (Å²) in [5, 5.41) is 0. The topological polar surface area (TPSA) is 105 Å². The standard InChI is InChI=1S/C30H44O8/c1-15(2)28(34)38-22-13-16(3)24-23(36-19(6)32)14-30(10)12-11-21(35-18(5)31)17(4)25(30)27(37-20(7)33)26(22)29(24,8)9/h15,21-23,25-27H,4,11-14H2,1-3,5-10H3. The summed E-state index contributed by atoms with van der Waals surface area (Å²) in [5.41, 5.74) is 1.49. The zero-order chi connectivity index (χ0) is 28.7. The molecule has 0 heterocycles. The van der Waals surface area contributed by atoms with E-state index in [1.807, 2.05) is 20.8 Å². The first-order valence-electron chi connectivity index (χ1n) is 13.6. The predicted octanol–water partition coefficient (Wildman–Crippen LogP) is 5.09. The summed E-state index contributed by atoms with van der Waals surface area (Å²) in [6.07, 6.45) is -0.185. The Kier molecular flexibility index (Phi) is 8.54. The molecule has 0 amide bonds. The molecule has 8 nitrogen and oxygen atoms in total. The highest BCUT2D eigenvalue weighted by Crippen LogP contribution is 2.60. The summed E-state index contributed by atoms with van der Waals surface area (Å²) in [6.45, 7) is 20.3. The molecule has 0 aromatic rings. The average molecular weight is 533 g/mol. The van der Waals surface area contributed by atoms with Crippen LogP contribution in [0.2, 0.25) is 0 Å². The van der Waals surface area contributed by atoms with Gasteiger partial charge in [-0.25, -0.2) is 0 Å². The first-order chi connectivity index (χ1) is 17.5. The highest BCUT2D eigenvalue weighted by atomic mass is 16.6. The molecule has 0 aromatic carbocycles. The van der Waals surface area contributed by atoms with E-state index in [4.69, 9.17) is 18.9 Å². The zero-order valence-electron chi connectivity index (χ0n) is 24.3. The van der Waals surface area contributed by atoms with Crippen LogP contribution in [0.1, 0.15) is 88.0 Å². The lowest BCUT2D eigenvalue weighted by Crippen LogP contribution is -2.60. The van der Waals surface area contributed by atoms with E-state index >= 15 is 0 Å². The molecule has 0 aromatic heterocycles. The number of esters is 4. The van der Waals surface area contributed by atoms with Gasteiger partial charge in [-0.3, -0.25) is 19.2 Å². The third kappa shape index (κ3) is 5.69. The Bertz CT molecular complexity index is 1040. The Morgan fingerprint density at radius 1 is 0.895 bits per heavy atom. The van der Waals surface area contributed by atoms with Crippen LogP contribution in [0, 0.1) is 28.6 Å². The van der Waals surface area contributed by atoms with Crippen LogP contribution in [-0.4, -0.2) is 48.3 Å². The largest absolute Gasteiger partial charge is 0.461 e. The van der Waals surface area contributed by atoms with Gasteiger partial charge in [-0.2, -0.15) is 0 Å². The monoisotopic (exact) mass is 532 g/mol. The second kappa shape index (κ2) is 10.9. The van der Waals surface area contributed by atoms with Gasteiger partial charge in [0.1, 0.15) is 24.4 Å². The quantitative estimate of drug-likeness (QED) is 0.274. The maximum Gasteiger partial charge on any atom is 0.308 e. The Morgan fingerprint density at radius 2 is 1.45 bits per heavy atom. The molecule has 0 radical (unpaired) electrons. The molecule has 212 valence electrons. The molecule has 0 N–H and O–H groups in total. The van der Waals surface area contributed by atoms with Crippen molar-refractivity contribution in [3.8, 4) is 0 Å². The molecule has 0 aliphatic heterocycles. The second-order valence-corrected chi connectivity index (χ2v) is 12.5. The molecular formula is C30H44O8. The van der Waals surface area contributed by atoms with E-state index in [1.54, 1.807) is 13.8 Å². The van der Waals surface area contributed by atoms with Crippen molar-refractivity contribution in [3.63, 3.8) is 0 Å². The minimum absolute atomic E-state index is 0.328. The smallest absolute Gasteiger partial charge is 0.308 e. The summed E-state index contributed by atoms with van der Waals surface area (Å²) in [6, 6.07) is 0. The molecule has 0 saturated heterocycles. The maximum atomic E-state index is 12.9. The lowest BCUT2D eigenvalue weighted by atomic mass is 9.50. The molecule has 38 heavy (non-hydrogen) atoms. The fraction of sp³-hybridized carbons (Fsp3) is 0.733. The van der Waals surface area contributed by atoms with Gasteiger partial charge in [-0.1, -0.05) is 46.8 Å². The molecule has 3 aliphatic carbocycles. The van der Waals surface area contributed by atoms with Gasteiger partial charge < -0.3 is 18.9 Å². The van der Waals surface area contributed by atoms with Gasteiger partial charge in [0, 0.05) is 39.0 Å². The zero-order valence-corrected chi connectivity index (χ0v) is 24.3. The van der Waals surface area contributed by atoms with Gasteiger partial charge in [0.25, 0.3) is 0 Å². The Hall–Kier alpha value is -2.64. The number of fused-ring (bicyclic) bond motifs is 3. The number of rotatable bonds is 5. The summed E-state index contributed by atoms with van der Waals surface area (Å²) in [4.78, 5) is 49.7. The number of hydrogen-bond donors (Lipinski definition) is 0. The minimum Gasteiger partial charge on any atom is -0.461 e. The van der Waals surface area contributed by atoms with Crippen LogP contribution in [0.5, 0.6) is 0 Å². The fourth-order valence-electron chi connectivity index (χ4n) is 7.43. The Balaban J connectivity index is 2.29. The second-order valence-electron chi connectivity index (χ2n) is 12.5. The summed E-state index contributed by atoms with van der Waals surface area (Å²) in [5.74, 6) is -2.77. The van der Waals surface area contributed by atoms with Crippen molar-refractivity contribution < 1.29 is 38.1 Å². The first-order valence-corrected chi connectivity index (χ1v) is 13.6. The van der Waals surface area contributed by atoms with E-state index in [1.165, 1.54) is 20.8 Å². The van der Waals surface area contributed by atoms with Gasteiger partial charge in [0.2, 0.25) is 0 Å². The molecular weight excluding hydrogens is 488 g/mol. The van der Waals surface area contributed by atoms with E-state index < -0.39 is 59.0 Å². The van der Waals surface area contributed by atoms with Crippen molar-refractivity contribution in [3.05, 3.63) is 23.3 Å². The van der Waals surface area contributed by atoms with Crippen molar-refractivity contribution in [2.45, 2.75) is 112 Å². The van der Waals surface area contributed by atoms with Gasteiger partial charge in [-0.05, 0) is 48.2 Å². The predicted molar refractivity (Wildman–Crippen MR) is 141 cm³/mol. The van der Waals surface area contributed by atoms with Gasteiger partial charge in [-0.15, -0.1) is 0 Å². The van der Waals surface area contributed by atoms with Gasteiger partial charge >= 0.3 is 23.9 Å². The van der Waals surface area contributed by atoms with E-state index in [0.29, 0.717) is 31.3 Å². The molecule has 0 spiro atoms. The SMILES string of the molecule is C=C1C(OC(C)=O)CCC2(C)CC(OC(C)=O)C3=C(C)CC(OC(=O)C(C)C)C(C(OC(C)=O)C12)C3(C)C. The van der Waals surface area contributed by atoms with Crippen LogP contribution < -0.4 is 0 Å². The summed E-state index contributed by atoms with van der Waals surface area (Å²) in [7, 11) is 0. The number of carbonyl (C=O) groups is 4.